The van der Waals surface area contributed by atoms with Gasteiger partial charge in [-0.05, 0) is 24.6 Å². The first kappa shape index (κ1) is 27.8. The number of phenolic OH excluding ortho intramolecular Hbond substituents is 1. The summed E-state index contributed by atoms with van der Waals surface area (Å²) in [6.45, 7) is 1.25. The molecule has 14 nitrogen and oxygen atoms in total. The minimum absolute atomic E-state index is 0.0600. The van der Waals surface area contributed by atoms with Crippen molar-refractivity contribution in [2.45, 2.75) is 50.4 Å². The SMILES string of the molecule is CC(NC(=O)C(N)CC(=O)O)C(=O)NC(Cc1ccc(O)cc1)C(=O)NC(CC(=O)O)C(=O)O. The third-order valence-corrected chi connectivity index (χ3v) is 4.49. The summed E-state index contributed by atoms with van der Waals surface area (Å²) in [7, 11) is 0. The molecule has 0 saturated heterocycles. The van der Waals surface area contributed by atoms with Crippen molar-refractivity contribution in [2.24, 2.45) is 5.73 Å². The third kappa shape index (κ3) is 9.52. The molecular weight excluding hydrogens is 456 g/mol. The van der Waals surface area contributed by atoms with Crippen molar-refractivity contribution in [2.75, 3.05) is 0 Å². The minimum Gasteiger partial charge on any atom is -0.508 e. The maximum Gasteiger partial charge on any atom is 0.326 e. The van der Waals surface area contributed by atoms with Crippen LogP contribution in [-0.4, -0.2) is 80.2 Å². The average Bonchev–Trinajstić information content (AvgIpc) is 2.73. The molecule has 4 unspecified atom stereocenters. The number of carbonyl (C=O) groups excluding carboxylic acids is 3. The molecule has 0 heterocycles. The maximum atomic E-state index is 12.7. The number of amides is 3. The van der Waals surface area contributed by atoms with Crippen LogP contribution in [0.3, 0.4) is 0 Å². The summed E-state index contributed by atoms with van der Waals surface area (Å²) in [6, 6.07) is -0.289. The molecule has 0 aliphatic heterocycles. The fraction of sp³-hybridized carbons (Fsp3) is 0.400. The first-order chi connectivity index (χ1) is 15.8. The van der Waals surface area contributed by atoms with E-state index in [0.717, 1.165) is 0 Å². The van der Waals surface area contributed by atoms with Crippen LogP contribution in [0.5, 0.6) is 5.75 Å². The van der Waals surface area contributed by atoms with Gasteiger partial charge in [0.05, 0.1) is 18.9 Å². The van der Waals surface area contributed by atoms with Gasteiger partial charge >= 0.3 is 17.9 Å². The molecule has 14 heteroatoms. The Morgan fingerprint density at radius 1 is 0.794 bits per heavy atom. The van der Waals surface area contributed by atoms with Crippen LogP contribution in [0, 0.1) is 0 Å². The zero-order valence-electron chi connectivity index (χ0n) is 18.1. The van der Waals surface area contributed by atoms with E-state index in [2.05, 4.69) is 10.6 Å². The van der Waals surface area contributed by atoms with Gasteiger partial charge < -0.3 is 42.1 Å². The van der Waals surface area contributed by atoms with Crippen LogP contribution in [-0.2, 0) is 35.2 Å². The first-order valence-electron chi connectivity index (χ1n) is 9.91. The summed E-state index contributed by atoms with van der Waals surface area (Å²) in [5.41, 5.74) is 5.90. The summed E-state index contributed by atoms with van der Waals surface area (Å²) in [6.07, 6.45) is -1.75. The number of phenols is 1. The largest absolute Gasteiger partial charge is 0.508 e. The van der Waals surface area contributed by atoms with Crippen molar-refractivity contribution >= 4 is 35.6 Å². The second kappa shape index (κ2) is 12.7. The number of benzene rings is 1. The standard InChI is InChI=1S/C20H26N4O10/c1-9(22-18(31)12(21)7-15(26)27)17(30)23-13(6-10-2-4-11(25)5-3-10)19(32)24-14(20(33)34)8-16(28)29/h2-5,9,12-14,25H,6-8,21H2,1H3,(H,22,31)(H,23,30)(H,24,32)(H,26,27)(H,28,29)(H,33,34). The molecule has 3 amide bonds. The lowest BCUT2D eigenvalue weighted by atomic mass is 10.0. The smallest absolute Gasteiger partial charge is 0.326 e. The van der Waals surface area contributed by atoms with Crippen LogP contribution < -0.4 is 21.7 Å². The Balaban J connectivity index is 2.99. The molecule has 1 aromatic rings. The number of rotatable bonds is 13. The van der Waals surface area contributed by atoms with Crippen LogP contribution in [0.4, 0.5) is 0 Å². The normalized spacial score (nSPS) is 14.1. The van der Waals surface area contributed by atoms with Crippen LogP contribution in [0.2, 0.25) is 0 Å². The van der Waals surface area contributed by atoms with E-state index in [4.69, 9.17) is 21.1 Å². The van der Waals surface area contributed by atoms with E-state index in [0.29, 0.717) is 5.56 Å². The van der Waals surface area contributed by atoms with E-state index in [-0.39, 0.29) is 12.2 Å². The number of carbonyl (C=O) groups is 6. The van der Waals surface area contributed by atoms with Gasteiger partial charge in [0.25, 0.3) is 0 Å². The van der Waals surface area contributed by atoms with E-state index >= 15 is 0 Å². The van der Waals surface area contributed by atoms with Gasteiger partial charge in [-0.2, -0.15) is 0 Å². The number of aromatic hydroxyl groups is 1. The van der Waals surface area contributed by atoms with Crippen LogP contribution in [0.1, 0.15) is 25.3 Å². The van der Waals surface area contributed by atoms with E-state index in [1.54, 1.807) is 0 Å². The molecule has 186 valence electrons. The lowest BCUT2D eigenvalue weighted by Gasteiger charge is -2.23. The topological polar surface area (TPSA) is 245 Å². The lowest BCUT2D eigenvalue weighted by Crippen LogP contribution is -2.57. The van der Waals surface area contributed by atoms with E-state index in [1.807, 2.05) is 5.32 Å². The summed E-state index contributed by atoms with van der Waals surface area (Å²) >= 11 is 0. The van der Waals surface area contributed by atoms with Crippen LogP contribution in [0.15, 0.2) is 24.3 Å². The highest BCUT2D eigenvalue weighted by Crippen LogP contribution is 2.12. The van der Waals surface area contributed by atoms with Gasteiger partial charge in [-0.3, -0.25) is 24.0 Å². The highest BCUT2D eigenvalue weighted by Gasteiger charge is 2.30. The molecule has 0 saturated carbocycles. The van der Waals surface area contributed by atoms with Crippen molar-refractivity contribution in [3.05, 3.63) is 29.8 Å². The summed E-state index contributed by atoms with van der Waals surface area (Å²) in [5, 5.41) is 42.7. The zero-order chi connectivity index (χ0) is 26.0. The fourth-order valence-electron chi connectivity index (χ4n) is 2.69. The Morgan fingerprint density at radius 2 is 1.32 bits per heavy atom. The molecule has 0 fully saturated rings. The number of hydrogen-bond acceptors (Lipinski definition) is 8. The van der Waals surface area contributed by atoms with Crippen molar-refractivity contribution in [1.82, 2.24) is 16.0 Å². The Morgan fingerprint density at radius 3 is 1.82 bits per heavy atom. The second-order valence-electron chi connectivity index (χ2n) is 7.36. The number of hydrogen-bond donors (Lipinski definition) is 8. The van der Waals surface area contributed by atoms with E-state index in [9.17, 15) is 33.9 Å². The number of nitrogens with one attached hydrogen (secondary N) is 3. The molecule has 0 aliphatic rings. The molecule has 4 atom stereocenters. The van der Waals surface area contributed by atoms with E-state index in [1.165, 1.54) is 31.2 Å². The predicted octanol–water partition coefficient (Wildman–Crippen LogP) is -2.23. The summed E-state index contributed by atoms with van der Waals surface area (Å²) in [5.74, 6) is -7.25. The average molecular weight is 482 g/mol. The molecule has 0 spiro atoms. The Bertz CT molecular complexity index is 934. The Labute approximate surface area is 193 Å². The molecule has 9 N–H and O–H groups in total. The van der Waals surface area contributed by atoms with Gasteiger partial charge in [-0.1, -0.05) is 12.1 Å². The first-order valence-corrected chi connectivity index (χ1v) is 9.91. The summed E-state index contributed by atoms with van der Waals surface area (Å²) in [4.78, 5) is 70.1. The third-order valence-electron chi connectivity index (χ3n) is 4.49. The quantitative estimate of drug-likeness (QED) is 0.149. The van der Waals surface area contributed by atoms with Gasteiger partial charge in [0.2, 0.25) is 17.7 Å². The van der Waals surface area contributed by atoms with Crippen molar-refractivity contribution in [3.8, 4) is 5.75 Å². The Hall–Kier alpha value is -4.20. The molecular formula is C20H26N4O10. The highest BCUT2D eigenvalue weighted by molar-refractivity contribution is 5.95. The van der Waals surface area contributed by atoms with Gasteiger partial charge in [-0.25, -0.2) is 4.79 Å². The second-order valence-corrected chi connectivity index (χ2v) is 7.36. The fourth-order valence-corrected chi connectivity index (χ4v) is 2.69. The van der Waals surface area contributed by atoms with Gasteiger partial charge in [0, 0.05) is 6.42 Å². The molecule has 0 aromatic heterocycles. The number of carboxylic acids is 3. The minimum atomic E-state index is -1.77. The van der Waals surface area contributed by atoms with Crippen LogP contribution in [0.25, 0.3) is 0 Å². The molecule has 1 aromatic carbocycles. The monoisotopic (exact) mass is 482 g/mol. The molecule has 1 rings (SSSR count). The number of nitrogens with two attached hydrogens (primary N) is 1. The predicted molar refractivity (Wildman–Crippen MR) is 113 cm³/mol. The molecule has 0 bridgehead atoms. The highest BCUT2D eigenvalue weighted by atomic mass is 16.4. The molecule has 0 aliphatic carbocycles. The molecule has 34 heavy (non-hydrogen) atoms. The van der Waals surface area contributed by atoms with Crippen molar-refractivity contribution < 1.29 is 49.2 Å². The van der Waals surface area contributed by atoms with Gasteiger partial charge in [-0.15, -0.1) is 0 Å². The van der Waals surface area contributed by atoms with Crippen LogP contribution >= 0.6 is 0 Å². The zero-order valence-corrected chi connectivity index (χ0v) is 18.1. The maximum absolute atomic E-state index is 12.7. The number of carboxylic acid groups (broad SMARTS) is 3. The van der Waals surface area contributed by atoms with Crippen molar-refractivity contribution in [1.29, 1.82) is 0 Å². The lowest BCUT2D eigenvalue weighted by molar-refractivity contribution is -0.147. The summed E-state index contributed by atoms with van der Waals surface area (Å²) < 4.78 is 0. The van der Waals surface area contributed by atoms with Gasteiger partial charge in [0.15, 0.2) is 0 Å². The van der Waals surface area contributed by atoms with Crippen molar-refractivity contribution in [3.63, 3.8) is 0 Å². The Kier molecular flexibility index (Phi) is 10.4. The number of aliphatic carboxylic acids is 3. The van der Waals surface area contributed by atoms with E-state index < -0.39 is 72.6 Å². The van der Waals surface area contributed by atoms with Gasteiger partial charge in [0.1, 0.15) is 23.9 Å². The molecule has 0 radical (unpaired) electrons.